The lowest BCUT2D eigenvalue weighted by Gasteiger charge is -2.41. The second-order valence-electron chi connectivity index (χ2n) is 9.94. The first-order chi connectivity index (χ1) is 19.4. The minimum Gasteiger partial charge on any atom is -0.287 e. The maximum Gasteiger partial charge on any atom is 0.475 e. The van der Waals surface area contributed by atoms with Crippen LogP contribution in [0.2, 0.25) is 0 Å². The summed E-state index contributed by atoms with van der Waals surface area (Å²) in [5, 5.41) is 8.68. The van der Waals surface area contributed by atoms with Crippen LogP contribution < -0.4 is 0 Å². The molecular formula is C30H40N5O4P. The Hall–Kier alpha value is -3.10. The second-order valence-corrected chi connectivity index (χ2v) is 11.5. The summed E-state index contributed by atoms with van der Waals surface area (Å²) in [5.74, 6) is -0.280. The van der Waals surface area contributed by atoms with Gasteiger partial charge in [0.05, 0.1) is 25.5 Å². The van der Waals surface area contributed by atoms with Gasteiger partial charge in [-0.05, 0) is 35.6 Å². The number of unbranched alkanes of at least 4 members (excludes halogenated alkanes) is 2. The van der Waals surface area contributed by atoms with Crippen molar-refractivity contribution in [3.63, 3.8) is 0 Å². The molecule has 214 valence electrons. The van der Waals surface area contributed by atoms with Crippen LogP contribution in [0.15, 0.2) is 79.5 Å². The molecule has 2 atom stereocenters. The largest absolute Gasteiger partial charge is 0.475 e. The zero-order valence-electron chi connectivity index (χ0n) is 23.8. The van der Waals surface area contributed by atoms with E-state index < -0.39 is 13.4 Å². The van der Waals surface area contributed by atoms with Gasteiger partial charge in [0.15, 0.2) is 0 Å². The lowest BCUT2D eigenvalue weighted by molar-refractivity contribution is -0.0261. The zero-order valence-corrected chi connectivity index (χ0v) is 24.7. The Bertz CT molecular complexity index is 1330. The molecule has 0 aliphatic heterocycles. The third-order valence-electron chi connectivity index (χ3n) is 7.12. The van der Waals surface area contributed by atoms with Crippen molar-refractivity contribution in [2.75, 3.05) is 13.2 Å². The summed E-state index contributed by atoms with van der Waals surface area (Å²) >= 11 is 0. The van der Waals surface area contributed by atoms with E-state index in [9.17, 15) is 4.57 Å². The summed E-state index contributed by atoms with van der Waals surface area (Å²) in [7, 11) is -2.06. The van der Waals surface area contributed by atoms with E-state index in [4.69, 9.17) is 13.6 Å². The molecule has 0 bridgehead atoms. The van der Waals surface area contributed by atoms with Gasteiger partial charge >= 0.3 is 7.82 Å². The van der Waals surface area contributed by atoms with E-state index in [1.54, 1.807) is 17.2 Å². The lowest BCUT2D eigenvalue weighted by atomic mass is 9.78. The quantitative estimate of drug-likeness (QED) is 0.105. The standard InChI is InChI=1S/C30H40N5O4P/c1-5-7-20-37-40(36,38-21-8-6-2)39-30(22-35-24-31-23-33-35,28-12-10-9-11-13-28)25(3)26-14-16-27(17-15-26)29-18-19-32-34(29)4/h9-19,23-25H,5-8,20-22H2,1-4H3/t25-,30+/m0/s1. The Morgan fingerprint density at radius 3 is 2.15 bits per heavy atom. The molecule has 40 heavy (non-hydrogen) atoms. The predicted molar refractivity (Wildman–Crippen MR) is 156 cm³/mol. The number of aryl methyl sites for hydroxylation is 1. The molecule has 2 aromatic heterocycles. The molecule has 0 saturated heterocycles. The summed E-state index contributed by atoms with van der Waals surface area (Å²) in [6.45, 7) is 7.00. The van der Waals surface area contributed by atoms with E-state index in [0.29, 0.717) is 0 Å². The monoisotopic (exact) mass is 565 g/mol. The highest BCUT2D eigenvalue weighted by Gasteiger charge is 2.48. The first-order valence-corrected chi connectivity index (χ1v) is 15.4. The van der Waals surface area contributed by atoms with Crippen molar-refractivity contribution in [3.8, 4) is 11.3 Å². The molecule has 0 aliphatic rings. The van der Waals surface area contributed by atoms with Gasteiger partial charge in [0.2, 0.25) is 0 Å². The highest BCUT2D eigenvalue weighted by Crippen LogP contribution is 2.59. The molecule has 4 aromatic rings. The van der Waals surface area contributed by atoms with Crippen LogP contribution in [0.25, 0.3) is 11.3 Å². The smallest absolute Gasteiger partial charge is 0.287 e. The predicted octanol–water partition coefficient (Wildman–Crippen LogP) is 7.14. The summed E-state index contributed by atoms with van der Waals surface area (Å²) in [5.41, 5.74) is 2.76. The number of aromatic nitrogens is 5. The molecule has 0 spiro atoms. The number of benzene rings is 2. The van der Waals surface area contributed by atoms with E-state index in [2.05, 4.69) is 60.2 Å². The third-order valence-corrected chi connectivity index (χ3v) is 8.67. The summed E-state index contributed by atoms with van der Waals surface area (Å²) < 4.78 is 36.5. The van der Waals surface area contributed by atoms with Gasteiger partial charge < -0.3 is 0 Å². The molecule has 2 aromatic carbocycles. The average molecular weight is 566 g/mol. The average Bonchev–Trinajstić information content (AvgIpc) is 3.65. The molecule has 0 amide bonds. The van der Waals surface area contributed by atoms with Crippen molar-refractivity contribution < 1.29 is 18.1 Å². The summed E-state index contributed by atoms with van der Waals surface area (Å²) in [6, 6.07) is 20.1. The molecule has 0 aliphatic carbocycles. The summed E-state index contributed by atoms with van der Waals surface area (Å²) in [4.78, 5) is 4.15. The van der Waals surface area contributed by atoms with E-state index in [-0.39, 0.29) is 25.7 Å². The van der Waals surface area contributed by atoms with Gasteiger partial charge in [-0.15, -0.1) is 0 Å². The van der Waals surface area contributed by atoms with Crippen molar-refractivity contribution >= 4 is 7.82 Å². The number of phosphoric acid groups is 1. The Kier molecular flexibility index (Phi) is 10.5. The molecule has 4 rings (SSSR count). The molecule has 0 radical (unpaired) electrons. The number of hydrogen-bond donors (Lipinski definition) is 0. The van der Waals surface area contributed by atoms with Crippen molar-refractivity contribution in [1.29, 1.82) is 0 Å². The topological polar surface area (TPSA) is 93.3 Å². The van der Waals surface area contributed by atoms with Gasteiger partial charge in [-0.25, -0.2) is 14.2 Å². The Morgan fingerprint density at radius 2 is 1.60 bits per heavy atom. The first-order valence-electron chi connectivity index (χ1n) is 14.0. The number of rotatable bonds is 16. The fraction of sp³-hybridized carbons (Fsp3) is 0.433. The lowest BCUT2D eigenvalue weighted by Crippen LogP contribution is -2.40. The summed E-state index contributed by atoms with van der Waals surface area (Å²) in [6.07, 6.45) is 8.20. The van der Waals surface area contributed by atoms with Crippen molar-refractivity contribution in [3.05, 3.63) is 90.6 Å². The molecule has 0 fully saturated rings. The van der Waals surface area contributed by atoms with Crippen LogP contribution in [0.3, 0.4) is 0 Å². The van der Waals surface area contributed by atoms with Gasteiger partial charge in [0.25, 0.3) is 0 Å². The Morgan fingerprint density at radius 1 is 0.925 bits per heavy atom. The molecular weight excluding hydrogens is 525 g/mol. The first kappa shape index (κ1) is 29.9. The van der Waals surface area contributed by atoms with E-state index in [1.165, 1.54) is 6.33 Å². The van der Waals surface area contributed by atoms with Crippen molar-refractivity contribution in [1.82, 2.24) is 24.5 Å². The fourth-order valence-electron chi connectivity index (χ4n) is 4.71. The minimum atomic E-state index is -3.99. The molecule has 0 saturated carbocycles. The number of phosphoric ester groups is 1. The van der Waals surface area contributed by atoms with Crippen LogP contribution in [0.1, 0.15) is 63.5 Å². The van der Waals surface area contributed by atoms with Gasteiger partial charge in [-0.3, -0.25) is 18.3 Å². The Balaban J connectivity index is 1.80. The number of hydrogen-bond acceptors (Lipinski definition) is 7. The van der Waals surface area contributed by atoms with E-state index in [1.807, 2.05) is 48.1 Å². The maximum atomic E-state index is 14.3. The van der Waals surface area contributed by atoms with E-state index in [0.717, 1.165) is 48.1 Å². The molecule has 0 unspecified atom stereocenters. The molecule has 0 N–H and O–H groups in total. The van der Waals surface area contributed by atoms with Crippen molar-refractivity contribution in [2.24, 2.45) is 7.05 Å². The second kappa shape index (κ2) is 14.0. The van der Waals surface area contributed by atoms with Crippen LogP contribution in [0, 0.1) is 0 Å². The van der Waals surface area contributed by atoms with Crippen LogP contribution in [0.5, 0.6) is 0 Å². The normalized spacial score (nSPS) is 14.2. The molecule has 9 nitrogen and oxygen atoms in total. The molecule has 2 heterocycles. The fourth-order valence-corrected chi connectivity index (χ4v) is 6.32. The maximum absolute atomic E-state index is 14.3. The van der Waals surface area contributed by atoms with Crippen LogP contribution in [0.4, 0.5) is 0 Å². The highest BCUT2D eigenvalue weighted by atomic mass is 31.2. The van der Waals surface area contributed by atoms with E-state index >= 15 is 0 Å². The van der Waals surface area contributed by atoms with Crippen molar-refractivity contribution in [2.45, 2.75) is 64.5 Å². The van der Waals surface area contributed by atoms with Crippen LogP contribution in [-0.2, 0) is 37.3 Å². The minimum absolute atomic E-state index is 0.250. The SMILES string of the molecule is CCCCOP(=O)(OCCCC)O[C@@](Cn1cncn1)(c1ccccc1)[C@@H](C)c1ccc(-c2ccnn2C)cc1. The van der Waals surface area contributed by atoms with Gasteiger partial charge in [-0.2, -0.15) is 10.2 Å². The van der Waals surface area contributed by atoms with Gasteiger partial charge in [0, 0.05) is 19.2 Å². The molecule has 10 heteroatoms. The highest BCUT2D eigenvalue weighted by molar-refractivity contribution is 7.48. The Labute approximate surface area is 237 Å². The van der Waals surface area contributed by atoms with Gasteiger partial charge in [-0.1, -0.05) is 88.2 Å². The van der Waals surface area contributed by atoms with Gasteiger partial charge in [0.1, 0.15) is 18.3 Å². The number of nitrogens with zero attached hydrogens (tertiary/aromatic N) is 5. The van der Waals surface area contributed by atoms with Crippen LogP contribution in [-0.4, -0.2) is 37.8 Å². The zero-order chi connectivity index (χ0) is 28.4. The van der Waals surface area contributed by atoms with Crippen LogP contribution >= 0.6 is 7.82 Å². The third kappa shape index (κ3) is 7.15.